The molecule has 6 heteroatoms. The first kappa shape index (κ1) is 13.8. The molecule has 0 fully saturated rings. The second-order valence-electron chi connectivity index (χ2n) is 4.05. The van der Waals surface area contributed by atoms with Crippen LogP contribution < -0.4 is 5.32 Å². The maximum atomic E-state index is 12.1. The Morgan fingerprint density at radius 3 is 2.32 bits per heavy atom. The molecule has 0 bridgehead atoms. The Morgan fingerprint density at radius 1 is 1.11 bits per heavy atom. The molecule has 1 aromatic heterocycles. The molecule has 0 radical (unpaired) electrons. The predicted molar refractivity (Wildman–Crippen MR) is 75.9 cm³/mol. The van der Waals surface area contributed by atoms with Gasteiger partial charge in [-0.1, -0.05) is 23.2 Å². The molecule has 0 saturated heterocycles. The van der Waals surface area contributed by atoms with E-state index in [1.165, 1.54) is 6.07 Å². The average Bonchev–Trinajstić information content (AvgIpc) is 2.26. The molecule has 0 unspecified atom stereocenters. The van der Waals surface area contributed by atoms with Crippen LogP contribution in [0.4, 0.5) is 5.95 Å². The number of aryl methyl sites for hydroxylation is 2. The van der Waals surface area contributed by atoms with Gasteiger partial charge in [0.15, 0.2) is 0 Å². The van der Waals surface area contributed by atoms with Crippen LogP contribution in [-0.2, 0) is 0 Å². The van der Waals surface area contributed by atoms with Gasteiger partial charge in [0, 0.05) is 16.4 Å². The Hall–Kier alpha value is -1.65. The SMILES string of the molecule is Cc1cc(C)nc(NC(=O)c2ccc(Cl)cc2Cl)n1. The largest absolute Gasteiger partial charge is 0.290 e. The van der Waals surface area contributed by atoms with Gasteiger partial charge < -0.3 is 0 Å². The Labute approximate surface area is 120 Å². The molecule has 1 aromatic carbocycles. The van der Waals surface area contributed by atoms with E-state index in [0.717, 1.165) is 11.4 Å². The summed E-state index contributed by atoms with van der Waals surface area (Å²) in [6.07, 6.45) is 0. The summed E-state index contributed by atoms with van der Waals surface area (Å²) < 4.78 is 0. The van der Waals surface area contributed by atoms with Crippen molar-refractivity contribution in [1.29, 1.82) is 0 Å². The lowest BCUT2D eigenvalue weighted by atomic mass is 10.2. The molecule has 1 N–H and O–H groups in total. The van der Waals surface area contributed by atoms with Crippen molar-refractivity contribution in [2.24, 2.45) is 0 Å². The molecule has 2 rings (SSSR count). The van der Waals surface area contributed by atoms with E-state index in [1.54, 1.807) is 12.1 Å². The monoisotopic (exact) mass is 295 g/mol. The number of aromatic nitrogens is 2. The van der Waals surface area contributed by atoms with Gasteiger partial charge in [-0.3, -0.25) is 10.1 Å². The Morgan fingerprint density at radius 2 is 1.74 bits per heavy atom. The number of hydrogen-bond acceptors (Lipinski definition) is 3. The van der Waals surface area contributed by atoms with Crippen LogP contribution in [0.2, 0.25) is 10.0 Å². The first-order valence-corrected chi connectivity index (χ1v) is 6.30. The highest BCUT2D eigenvalue weighted by Crippen LogP contribution is 2.21. The smallest absolute Gasteiger partial charge is 0.259 e. The minimum atomic E-state index is -0.369. The molecule has 0 atom stereocenters. The summed E-state index contributed by atoms with van der Waals surface area (Å²) in [4.78, 5) is 20.3. The predicted octanol–water partition coefficient (Wildman–Crippen LogP) is 3.65. The van der Waals surface area contributed by atoms with Gasteiger partial charge in [0.05, 0.1) is 10.6 Å². The van der Waals surface area contributed by atoms with Crippen LogP contribution in [0.25, 0.3) is 0 Å². The molecular weight excluding hydrogens is 285 g/mol. The van der Waals surface area contributed by atoms with Crippen molar-refractivity contribution in [2.75, 3.05) is 5.32 Å². The number of hydrogen-bond donors (Lipinski definition) is 1. The van der Waals surface area contributed by atoms with Crippen LogP contribution in [0.3, 0.4) is 0 Å². The van der Waals surface area contributed by atoms with Crippen LogP contribution in [0.1, 0.15) is 21.7 Å². The lowest BCUT2D eigenvalue weighted by Gasteiger charge is -2.07. The molecule has 1 amide bonds. The Bertz CT molecular complexity index is 624. The fourth-order valence-corrected chi connectivity index (χ4v) is 2.12. The molecule has 2 aromatic rings. The van der Waals surface area contributed by atoms with Crippen molar-refractivity contribution in [2.45, 2.75) is 13.8 Å². The summed E-state index contributed by atoms with van der Waals surface area (Å²) in [5.74, 6) is -0.111. The summed E-state index contributed by atoms with van der Waals surface area (Å²) in [5.41, 5.74) is 1.89. The number of anilines is 1. The van der Waals surface area contributed by atoms with Crippen molar-refractivity contribution >= 4 is 35.1 Å². The van der Waals surface area contributed by atoms with Gasteiger partial charge in [-0.2, -0.15) is 0 Å². The van der Waals surface area contributed by atoms with Crippen molar-refractivity contribution in [3.05, 3.63) is 51.3 Å². The fourth-order valence-electron chi connectivity index (χ4n) is 1.62. The quantitative estimate of drug-likeness (QED) is 0.920. The topological polar surface area (TPSA) is 54.9 Å². The maximum absolute atomic E-state index is 12.1. The third kappa shape index (κ3) is 3.43. The summed E-state index contributed by atoms with van der Waals surface area (Å²) in [6.45, 7) is 3.67. The van der Waals surface area contributed by atoms with E-state index in [0.29, 0.717) is 10.6 Å². The molecule has 98 valence electrons. The average molecular weight is 296 g/mol. The number of halogens is 2. The van der Waals surface area contributed by atoms with E-state index in [2.05, 4.69) is 15.3 Å². The van der Waals surface area contributed by atoms with Gasteiger partial charge in [-0.15, -0.1) is 0 Å². The van der Waals surface area contributed by atoms with Gasteiger partial charge in [0.25, 0.3) is 5.91 Å². The second kappa shape index (κ2) is 5.55. The summed E-state index contributed by atoms with van der Waals surface area (Å²) in [6, 6.07) is 6.50. The third-order valence-electron chi connectivity index (χ3n) is 2.38. The minimum Gasteiger partial charge on any atom is -0.290 e. The zero-order valence-corrected chi connectivity index (χ0v) is 11.9. The summed E-state index contributed by atoms with van der Waals surface area (Å²) >= 11 is 11.7. The molecule has 0 aliphatic heterocycles. The van der Waals surface area contributed by atoms with Crippen LogP contribution in [0, 0.1) is 13.8 Å². The van der Waals surface area contributed by atoms with Crippen molar-refractivity contribution in [3.63, 3.8) is 0 Å². The van der Waals surface area contributed by atoms with Crippen molar-refractivity contribution in [1.82, 2.24) is 9.97 Å². The normalized spacial score (nSPS) is 10.3. The fraction of sp³-hybridized carbons (Fsp3) is 0.154. The molecule has 1 heterocycles. The third-order valence-corrected chi connectivity index (χ3v) is 2.93. The van der Waals surface area contributed by atoms with Crippen LogP contribution >= 0.6 is 23.2 Å². The van der Waals surface area contributed by atoms with E-state index < -0.39 is 0 Å². The van der Waals surface area contributed by atoms with Gasteiger partial charge in [-0.25, -0.2) is 9.97 Å². The van der Waals surface area contributed by atoms with E-state index in [1.807, 2.05) is 19.9 Å². The molecule has 4 nitrogen and oxygen atoms in total. The maximum Gasteiger partial charge on any atom is 0.259 e. The number of benzene rings is 1. The number of nitrogens with zero attached hydrogens (tertiary/aromatic N) is 2. The van der Waals surface area contributed by atoms with E-state index >= 15 is 0 Å². The Kier molecular flexibility index (Phi) is 4.02. The zero-order chi connectivity index (χ0) is 14.0. The molecule has 0 saturated carbocycles. The van der Waals surface area contributed by atoms with Crippen LogP contribution in [0.5, 0.6) is 0 Å². The van der Waals surface area contributed by atoms with Gasteiger partial charge in [-0.05, 0) is 38.1 Å². The van der Waals surface area contributed by atoms with Gasteiger partial charge in [0.2, 0.25) is 5.95 Å². The van der Waals surface area contributed by atoms with Gasteiger partial charge >= 0.3 is 0 Å². The highest BCUT2D eigenvalue weighted by molar-refractivity contribution is 6.37. The van der Waals surface area contributed by atoms with Crippen molar-refractivity contribution < 1.29 is 4.79 Å². The molecule has 0 aliphatic carbocycles. The second-order valence-corrected chi connectivity index (χ2v) is 4.90. The minimum absolute atomic E-state index is 0.258. The molecule has 19 heavy (non-hydrogen) atoms. The summed E-state index contributed by atoms with van der Waals surface area (Å²) in [7, 11) is 0. The van der Waals surface area contributed by atoms with E-state index in [4.69, 9.17) is 23.2 Å². The Balaban J connectivity index is 2.25. The number of amides is 1. The highest BCUT2D eigenvalue weighted by Gasteiger charge is 2.12. The van der Waals surface area contributed by atoms with Gasteiger partial charge in [0.1, 0.15) is 0 Å². The first-order chi connectivity index (χ1) is 8.95. The van der Waals surface area contributed by atoms with Crippen molar-refractivity contribution in [3.8, 4) is 0 Å². The number of carbonyl (C=O) groups is 1. The standard InChI is InChI=1S/C13H11Cl2N3O/c1-7-5-8(2)17-13(16-7)18-12(19)10-4-3-9(14)6-11(10)15/h3-6H,1-2H3,(H,16,17,18,19). The number of rotatable bonds is 2. The van der Waals surface area contributed by atoms with E-state index in [9.17, 15) is 4.79 Å². The zero-order valence-electron chi connectivity index (χ0n) is 10.4. The highest BCUT2D eigenvalue weighted by atomic mass is 35.5. The summed E-state index contributed by atoms with van der Waals surface area (Å²) in [5, 5.41) is 3.37. The number of carbonyl (C=O) groups excluding carboxylic acids is 1. The number of nitrogens with one attached hydrogen (secondary N) is 1. The van der Waals surface area contributed by atoms with Crippen LogP contribution in [0.15, 0.2) is 24.3 Å². The molecular formula is C13H11Cl2N3O. The van der Waals surface area contributed by atoms with E-state index in [-0.39, 0.29) is 16.9 Å². The van der Waals surface area contributed by atoms with Crippen LogP contribution in [-0.4, -0.2) is 15.9 Å². The molecule has 0 spiro atoms. The molecule has 0 aliphatic rings. The first-order valence-electron chi connectivity index (χ1n) is 5.54. The lowest BCUT2D eigenvalue weighted by Crippen LogP contribution is -2.15. The lowest BCUT2D eigenvalue weighted by molar-refractivity contribution is 0.102.